The van der Waals surface area contributed by atoms with Gasteiger partial charge in [-0.05, 0) is 60.0 Å². The van der Waals surface area contributed by atoms with Crippen LogP contribution in [0.4, 0.5) is 16.4 Å². The summed E-state index contributed by atoms with van der Waals surface area (Å²) in [6, 6.07) is 30.3. The summed E-state index contributed by atoms with van der Waals surface area (Å²) in [5, 5.41) is 12.6. The Morgan fingerprint density at radius 1 is 0.844 bits per heavy atom. The molecule has 3 aromatic heterocycles. The Kier molecular flexibility index (Phi) is 4.37. The number of H-pyrrole nitrogens is 1. The summed E-state index contributed by atoms with van der Waals surface area (Å²) in [7, 11) is 0. The van der Waals surface area contributed by atoms with E-state index in [1.807, 2.05) is 66.7 Å². The first-order chi connectivity index (χ1) is 15.8. The minimum atomic E-state index is 0.0797. The standard InChI is InChI=1S/C26H18N4OS/c27-25-20(26-28-21-9-4-5-10-22(21)29-26)15-17-12-13-19(16-23(17)31-25)30(24-11-6-14-32-24)18-7-2-1-3-8-18/h1-16,27H,(H,28,29). The van der Waals surface area contributed by atoms with Crippen LogP contribution in [0.5, 0.6) is 0 Å². The molecule has 0 aliphatic rings. The molecule has 6 rings (SSSR count). The van der Waals surface area contributed by atoms with Crippen LogP contribution in [-0.4, -0.2) is 9.97 Å². The van der Waals surface area contributed by atoms with E-state index in [-0.39, 0.29) is 5.55 Å². The maximum Gasteiger partial charge on any atom is 0.223 e. The molecule has 6 aromatic rings. The number of imidazole rings is 1. The van der Waals surface area contributed by atoms with E-state index in [0.29, 0.717) is 17.0 Å². The van der Waals surface area contributed by atoms with E-state index in [9.17, 15) is 0 Å². The Labute approximate surface area is 187 Å². The van der Waals surface area contributed by atoms with Crippen LogP contribution in [0.3, 0.4) is 0 Å². The number of hydrogen-bond acceptors (Lipinski definition) is 5. The summed E-state index contributed by atoms with van der Waals surface area (Å²) in [4.78, 5) is 10.1. The topological polar surface area (TPSA) is 68.9 Å². The molecule has 3 heterocycles. The van der Waals surface area contributed by atoms with E-state index in [0.717, 1.165) is 32.8 Å². The maximum atomic E-state index is 8.51. The Bertz CT molecular complexity index is 1570. The number of aromatic nitrogens is 2. The van der Waals surface area contributed by atoms with Gasteiger partial charge in [-0.3, -0.25) is 5.41 Å². The minimum absolute atomic E-state index is 0.0797. The zero-order valence-electron chi connectivity index (χ0n) is 16.9. The van der Waals surface area contributed by atoms with Gasteiger partial charge in [-0.25, -0.2) is 4.98 Å². The number of para-hydroxylation sites is 3. The van der Waals surface area contributed by atoms with Crippen LogP contribution < -0.4 is 10.5 Å². The number of rotatable bonds is 4. The fourth-order valence-electron chi connectivity index (χ4n) is 3.89. The zero-order valence-corrected chi connectivity index (χ0v) is 17.8. The molecule has 0 saturated carbocycles. The Hall–Kier alpha value is -4.16. The molecule has 0 spiro atoms. The van der Waals surface area contributed by atoms with Gasteiger partial charge in [-0.15, -0.1) is 11.3 Å². The first-order valence-corrected chi connectivity index (χ1v) is 11.1. The predicted octanol–water partition coefficient (Wildman–Crippen LogP) is 6.99. The number of anilines is 3. The van der Waals surface area contributed by atoms with E-state index in [1.165, 1.54) is 0 Å². The van der Waals surface area contributed by atoms with Crippen LogP contribution >= 0.6 is 11.3 Å². The lowest BCUT2D eigenvalue weighted by Gasteiger charge is -2.23. The summed E-state index contributed by atoms with van der Waals surface area (Å²) in [6.07, 6.45) is 0. The van der Waals surface area contributed by atoms with Crippen LogP contribution in [0, 0.1) is 5.41 Å². The number of hydrogen-bond donors (Lipinski definition) is 2. The van der Waals surface area contributed by atoms with Crippen molar-refractivity contribution >= 4 is 49.7 Å². The molecule has 0 radical (unpaired) electrons. The molecule has 0 aliphatic heterocycles. The number of benzene rings is 3. The van der Waals surface area contributed by atoms with Gasteiger partial charge in [0, 0.05) is 17.1 Å². The summed E-state index contributed by atoms with van der Waals surface area (Å²) >= 11 is 1.68. The normalized spacial score (nSPS) is 11.2. The number of fused-ring (bicyclic) bond motifs is 2. The Morgan fingerprint density at radius 2 is 1.69 bits per heavy atom. The predicted molar refractivity (Wildman–Crippen MR) is 130 cm³/mol. The van der Waals surface area contributed by atoms with Crippen LogP contribution in [0.1, 0.15) is 0 Å². The lowest BCUT2D eigenvalue weighted by molar-refractivity contribution is 0.535. The zero-order chi connectivity index (χ0) is 21.5. The van der Waals surface area contributed by atoms with Crippen molar-refractivity contribution in [2.45, 2.75) is 0 Å². The average Bonchev–Trinajstić information content (AvgIpc) is 3.49. The van der Waals surface area contributed by atoms with Gasteiger partial charge in [0.2, 0.25) is 5.55 Å². The number of thiophene rings is 1. The molecule has 0 saturated heterocycles. The Morgan fingerprint density at radius 3 is 2.50 bits per heavy atom. The van der Waals surface area contributed by atoms with Crippen LogP contribution in [0.2, 0.25) is 0 Å². The second-order valence-corrected chi connectivity index (χ2v) is 8.36. The number of nitrogens with zero attached hydrogens (tertiary/aromatic N) is 2. The molecule has 3 aromatic carbocycles. The smallest absolute Gasteiger partial charge is 0.223 e. The quantitative estimate of drug-likeness (QED) is 0.314. The van der Waals surface area contributed by atoms with Gasteiger partial charge in [0.25, 0.3) is 0 Å². The summed E-state index contributed by atoms with van der Waals surface area (Å²) in [6.45, 7) is 0. The first-order valence-electron chi connectivity index (χ1n) is 10.2. The lowest BCUT2D eigenvalue weighted by atomic mass is 10.1. The molecule has 0 fully saturated rings. The van der Waals surface area contributed by atoms with Gasteiger partial charge < -0.3 is 14.3 Å². The van der Waals surface area contributed by atoms with E-state index in [2.05, 4.69) is 44.5 Å². The average molecular weight is 435 g/mol. The number of nitrogens with one attached hydrogen (secondary N) is 2. The maximum absolute atomic E-state index is 8.51. The molecule has 0 aliphatic carbocycles. The van der Waals surface area contributed by atoms with Crippen molar-refractivity contribution < 1.29 is 4.42 Å². The summed E-state index contributed by atoms with van der Waals surface area (Å²) < 4.78 is 5.97. The highest BCUT2D eigenvalue weighted by Gasteiger charge is 2.15. The SMILES string of the molecule is N=c1oc2cc(N(c3ccccc3)c3cccs3)ccc2cc1-c1nc2ccccc2[nH]1. The first kappa shape index (κ1) is 18.6. The molecule has 32 heavy (non-hydrogen) atoms. The van der Waals surface area contributed by atoms with Gasteiger partial charge in [0.15, 0.2) is 0 Å². The van der Waals surface area contributed by atoms with Gasteiger partial charge in [-0.2, -0.15) is 0 Å². The third kappa shape index (κ3) is 3.18. The third-order valence-corrected chi connectivity index (χ3v) is 6.25. The minimum Gasteiger partial charge on any atom is -0.438 e. The van der Waals surface area contributed by atoms with Gasteiger partial charge in [0.05, 0.1) is 27.3 Å². The van der Waals surface area contributed by atoms with E-state index < -0.39 is 0 Å². The van der Waals surface area contributed by atoms with E-state index in [1.54, 1.807) is 11.3 Å². The molecule has 5 nitrogen and oxygen atoms in total. The highest BCUT2D eigenvalue weighted by Crippen LogP contribution is 2.38. The van der Waals surface area contributed by atoms with Crippen LogP contribution in [0.15, 0.2) is 101 Å². The molecule has 0 bridgehead atoms. The molecule has 0 atom stereocenters. The van der Waals surface area contributed by atoms with Crippen molar-refractivity contribution in [1.29, 1.82) is 5.41 Å². The van der Waals surface area contributed by atoms with Gasteiger partial charge >= 0.3 is 0 Å². The molecule has 0 amide bonds. The fraction of sp³-hybridized carbons (Fsp3) is 0. The summed E-state index contributed by atoms with van der Waals surface area (Å²) in [5.41, 5.74) is 5.23. The molecule has 0 unspecified atom stereocenters. The van der Waals surface area contributed by atoms with Crippen molar-refractivity contribution in [3.05, 3.63) is 102 Å². The highest BCUT2D eigenvalue weighted by molar-refractivity contribution is 7.14. The molecular formula is C26H18N4OS. The monoisotopic (exact) mass is 434 g/mol. The van der Waals surface area contributed by atoms with Gasteiger partial charge in [0.1, 0.15) is 11.4 Å². The van der Waals surface area contributed by atoms with E-state index >= 15 is 0 Å². The largest absolute Gasteiger partial charge is 0.438 e. The van der Waals surface area contributed by atoms with Gasteiger partial charge in [-0.1, -0.05) is 30.3 Å². The van der Waals surface area contributed by atoms with Crippen molar-refractivity contribution in [1.82, 2.24) is 9.97 Å². The molecule has 6 heteroatoms. The van der Waals surface area contributed by atoms with Crippen LogP contribution in [0.25, 0.3) is 33.4 Å². The third-order valence-electron chi connectivity index (χ3n) is 5.40. The summed E-state index contributed by atoms with van der Waals surface area (Å²) in [5.74, 6) is 0.635. The van der Waals surface area contributed by atoms with Crippen molar-refractivity contribution in [2.24, 2.45) is 0 Å². The highest BCUT2D eigenvalue weighted by atomic mass is 32.1. The fourth-order valence-corrected chi connectivity index (χ4v) is 4.66. The lowest BCUT2D eigenvalue weighted by Crippen LogP contribution is -2.09. The van der Waals surface area contributed by atoms with Crippen molar-refractivity contribution in [3.63, 3.8) is 0 Å². The second-order valence-electron chi connectivity index (χ2n) is 7.44. The van der Waals surface area contributed by atoms with Crippen molar-refractivity contribution in [3.8, 4) is 11.4 Å². The van der Waals surface area contributed by atoms with Crippen LogP contribution in [-0.2, 0) is 0 Å². The molecular weight excluding hydrogens is 416 g/mol. The number of aromatic amines is 1. The molecule has 2 N–H and O–H groups in total. The molecule has 154 valence electrons. The Balaban J connectivity index is 1.48. The second kappa shape index (κ2) is 7.51. The van der Waals surface area contributed by atoms with Crippen molar-refractivity contribution in [2.75, 3.05) is 4.90 Å². The van der Waals surface area contributed by atoms with E-state index in [4.69, 9.17) is 9.83 Å².